The minimum Gasteiger partial charge on any atom is -0.322 e. The van der Waals surface area contributed by atoms with Crippen molar-refractivity contribution in [1.82, 2.24) is 4.98 Å². The zero-order valence-electron chi connectivity index (χ0n) is 9.87. The Bertz CT molecular complexity index is 625. The Morgan fingerprint density at radius 3 is 2.74 bits per heavy atom. The van der Waals surface area contributed by atoms with E-state index in [-0.39, 0.29) is 11.1 Å². The number of nitrogens with zero attached hydrogens (tertiary/aromatic N) is 1. The standard InChI is InChI=1S/C13H11Cl2FN2S/c14-8-4-9(15)10(16)3-7(8)11-5-19-13(18-11)12(17)6-1-2-6/h3-6,12H,1-2,17H2. The van der Waals surface area contributed by atoms with E-state index in [0.29, 0.717) is 22.2 Å². The molecule has 19 heavy (non-hydrogen) atoms. The van der Waals surface area contributed by atoms with Crippen LogP contribution in [0, 0.1) is 11.7 Å². The van der Waals surface area contributed by atoms with Gasteiger partial charge in [-0.05, 0) is 30.9 Å². The molecule has 3 rings (SSSR count). The molecule has 1 aliphatic carbocycles. The lowest BCUT2D eigenvalue weighted by atomic mass is 10.1. The molecule has 1 saturated carbocycles. The van der Waals surface area contributed by atoms with Gasteiger partial charge in [0.25, 0.3) is 0 Å². The molecule has 1 aliphatic rings. The normalized spacial score (nSPS) is 16.6. The number of nitrogens with two attached hydrogens (primary N) is 1. The first-order valence-corrected chi connectivity index (χ1v) is 7.55. The van der Waals surface area contributed by atoms with Gasteiger partial charge in [-0.15, -0.1) is 11.3 Å². The van der Waals surface area contributed by atoms with Crippen LogP contribution in [0.3, 0.4) is 0 Å². The molecule has 1 aromatic carbocycles. The van der Waals surface area contributed by atoms with E-state index >= 15 is 0 Å². The predicted molar refractivity (Wildman–Crippen MR) is 77.2 cm³/mol. The van der Waals surface area contributed by atoms with E-state index in [2.05, 4.69) is 4.98 Å². The average molecular weight is 317 g/mol. The van der Waals surface area contributed by atoms with E-state index in [0.717, 1.165) is 17.8 Å². The molecule has 2 aromatic rings. The zero-order valence-corrected chi connectivity index (χ0v) is 12.2. The van der Waals surface area contributed by atoms with E-state index in [4.69, 9.17) is 28.9 Å². The van der Waals surface area contributed by atoms with Crippen LogP contribution < -0.4 is 5.73 Å². The monoisotopic (exact) mass is 316 g/mol. The lowest BCUT2D eigenvalue weighted by molar-refractivity contribution is 0.627. The molecule has 0 bridgehead atoms. The Morgan fingerprint density at radius 2 is 2.05 bits per heavy atom. The summed E-state index contributed by atoms with van der Waals surface area (Å²) in [6, 6.07) is 2.69. The minimum atomic E-state index is -0.498. The first-order valence-electron chi connectivity index (χ1n) is 5.92. The second-order valence-corrected chi connectivity index (χ2v) is 6.38. The zero-order chi connectivity index (χ0) is 13.6. The van der Waals surface area contributed by atoms with Gasteiger partial charge in [-0.3, -0.25) is 0 Å². The molecule has 0 saturated heterocycles. The molecule has 2 nitrogen and oxygen atoms in total. The lowest BCUT2D eigenvalue weighted by Crippen LogP contribution is -2.11. The minimum absolute atomic E-state index is 0.0129. The summed E-state index contributed by atoms with van der Waals surface area (Å²) in [5, 5.41) is 3.14. The first-order chi connectivity index (χ1) is 9.06. The highest BCUT2D eigenvalue weighted by atomic mass is 35.5. The average Bonchev–Trinajstić information content (AvgIpc) is 3.11. The van der Waals surface area contributed by atoms with Gasteiger partial charge >= 0.3 is 0 Å². The summed E-state index contributed by atoms with van der Waals surface area (Å²) in [4.78, 5) is 4.47. The van der Waals surface area contributed by atoms with E-state index in [9.17, 15) is 4.39 Å². The Morgan fingerprint density at radius 1 is 1.32 bits per heavy atom. The van der Waals surface area contributed by atoms with Gasteiger partial charge in [0.05, 0.1) is 21.8 Å². The molecule has 1 aromatic heterocycles. The van der Waals surface area contributed by atoms with E-state index in [1.807, 2.05) is 5.38 Å². The maximum Gasteiger partial charge on any atom is 0.142 e. The quantitative estimate of drug-likeness (QED) is 0.836. The van der Waals surface area contributed by atoms with Gasteiger partial charge in [-0.2, -0.15) is 0 Å². The molecule has 2 N–H and O–H groups in total. The number of aromatic nitrogens is 1. The number of thiazole rings is 1. The molecule has 1 unspecified atom stereocenters. The summed E-state index contributed by atoms with van der Waals surface area (Å²) in [5.74, 6) is 0.0403. The van der Waals surface area contributed by atoms with Gasteiger partial charge in [-0.25, -0.2) is 9.37 Å². The molecule has 100 valence electrons. The fraction of sp³-hybridized carbons (Fsp3) is 0.308. The maximum absolute atomic E-state index is 13.5. The third-order valence-electron chi connectivity index (χ3n) is 3.22. The number of rotatable bonds is 3. The first kappa shape index (κ1) is 13.3. The van der Waals surface area contributed by atoms with E-state index in [1.54, 1.807) is 0 Å². The molecule has 0 radical (unpaired) electrons. The summed E-state index contributed by atoms with van der Waals surface area (Å²) < 4.78 is 13.5. The maximum atomic E-state index is 13.5. The van der Waals surface area contributed by atoms with Crippen LogP contribution in [0.15, 0.2) is 17.5 Å². The highest BCUT2D eigenvalue weighted by molar-refractivity contribution is 7.10. The Kier molecular flexibility index (Phi) is 3.52. The van der Waals surface area contributed by atoms with Crippen LogP contribution >= 0.6 is 34.5 Å². The lowest BCUT2D eigenvalue weighted by Gasteiger charge is -2.05. The van der Waals surface area contributed by atoms with Crippen LogP contribution in [-0.4, -0.2) is 4.98 Å². The Hall–Kier alpha value is -0.680. The second-order valence-electron chi connectivity index (χ2n) is 4.68. The fourth-order valence-corrected chi connectivity index (χ4v) is 3.33. The summed E-state index contributed by atoms with van der Waals surface area (Å²) in [6.07, 6.45) is 2.32. The number of halogens is 3. The topological polar surface area (TPSA) is 38.9 Å². The van der Waals surface area contributed by atoms with Crippen LogP contribution in [0.5, 0.6) is 0 Å². The smallest absolute Gasteiger partial charge is 0.142 e. The molecule has 1 fully saturated rings. The molecule has 6 heteroatoms. The van der Waals surface area contributed by atoms with Gasteiger partial charge < -0.3 is 5.73 Å². The molecule has 1 heterocycles. The van der Waals surface area contributed by atoms with Gasteiger partial charge in [0, 0.05) is 10.9 Å². The summed E-state index contributed by atoms with van der Waals surface area (Å²) in [5.41, 5.74) is 7.30. The van der Waals surface area contributed by atoms with Gasteiger partial charge in [0.1, 0.15) is 10.8 Å². The third kappa shape index (κ3) is 2.63. The molecule has 0 spiro atoms. The van der Waals surface area contributed by atoms with E-state index in [1.165, 1.54) is 23.5 Å². The van der Waals surface area contributed by atoms with Crippen molar-refractivity contribution in [1.29, 1.82) is 0 Å². The largest absolute Gasteiger partial charge is 0.322 e. The summed E-state index contributed by atoms with van der Waals surface area (Å²) >= 11 is 13.3. The fourth-order valence-electron chi connectivity index (χ4n) is 1.94. The molecule has 0 aliphatic heterocycles. The Labute approximate surface area is 124 Å². The second kappa shape index (κ2) is 5.02. The number of hydrogen-bond donors (Lipinski definition) is 1. The molecular weight excluding hydrogens is 306 g/mol. The van der Waals surface area contributed by atoms with Crippen molar-refractivity contribution in [3.63, 3.8) is 0 Å². The summed E-state index contributed by atoms with van der Waals surface area (Å²) in [7, 11) is 0. The van der Waals surface area contributed by atoms with Gasteiger partial charge in [0.2, 0.25) is 0 Å². The highest BCUT2D eigenvalue weighted by Gasteiger charge is 2.31. The van der Waals surface area contributed by atoms with Crippen molar-refractivity contribution in [2.24, 2.45) is 11.7 Å². The van der Waals surface area contributed by atoms with Crippen molar-refractivity contribution >= 4 is 34.5 Å². The Balaban J connectivity index is 1.96. The van der Waals surface area contributed by atoms with Crippen LogP contribution in [-0.2, 0) is 0 Å². The highest BCUT2D eigenvalue weighted by Crippen LogP contribution is 2.41. The number of benzene rings is 1. The van der Waals surface area contributed by atoms with Crippen molar-refractivity contribution in [2.45, 2.75) is 18.9 Å². The van der Waals surface area contributed by atoms with E-state index < -0.39 is 5.82 Å². The number of hydrogen-bond acceptors (Lipinski definition) is 3. The SMILES string of the molecule is NC(c1nc(-c2cc(F)c(Cl)cc2Cl)cs1)C1CC1. The van der Waals surface area contributed by atoms with Crippen molar-refractivity contribution < 1.29 is 4.39 Å². The molecule has 0 amide bonds. The van der Waals surface area contributed by atoms with Crippen LogP contribution in [0.2, 0.25) is 10.0 Å². The molecular formula is C13H11Cl2FN2S. The predicted octanol–water partition coefficient (Wildman–Crippen LogP) is 4.67. The van der Waals surface area contributed by atoms with Crippen molar-refractivity contribution in [3.05, 3.63) is 38.4 Å². The van der Waals surface area contributed by atoms with Crippen molar-refractivity contribution in [3.8, 4) is 11.3 Å². The summed E-state index contributed by atoms with van der Waals surface area (Å²) in [6.45, 7) is 0. The molecule has 1 atom stereocenters. The van der Waals surface area contributed by atoms with Crippen LogP contribution in [0.1, 0.15) is 23.9 Å². The van der Waals surface area contributed by atoms with Crippen LogP contribution in [0.25, 0.3) is 11.3 Å². The van der Waals surface area contributed by atoms with Gasteiger partial charge in [0.15, 0.2) is 0 Å². The van der Waals surface area contributed by atoms with Crippen molar-refractivity contribution in [2.75, 3.05) is 0 Å². The van der Waals surface area contributed by atoms with Crippen LogP contribution in [0.4, 0.5) is 4.39 Å². The van der Waals surface area contributed by atoms with Gasteiger partial charge in [-0.1, -0.05) is 23.2 Å². The third-order valence-corrected chi connectivity index (χ3v) is 4.77.